The monoisotopic (exact) mass is 616 g/mol. The van der Waals surface area contributed by atoms with Gasteiger partial charge in [0.25, 0.3) is 0 Å². The van der Waals surface area contributed by atoms with Gasteiger partial charge >= 0.3 is 7.60 Å². The van der Waals surface area contributed by atoms with E-state index in [4.69, 9.17) is 21.3 Å². The fourth-order valence-electron chi connectivity index (χ4n) is 6.81. The zero-order chi connectivity index (χ0) is 30.9. The van der Waals surface area contributed by atoms with Gasteiger partial charge in [-0.05, 0) is 91.0 Å². The first kappa shape index (κ1) is 32.5. The number of carbonyl (C=O) groups is 2. The van der Waals surface area contributed by atoms with E-state index >= 15 is 0 Å². The Bertz CT molecular complexity index is 1390. The fourth-order valence-corrected chi connectivity index (χ4v) is 9.02. The van der Waals surface area contributed by atoms with E-state index in [1.807, 2.05) is 13.0 Å². The number of hydrogen-bond donors (Lipinski definition) is 2. The Morgan fingerprint density at radius 3 is 2.29 bits per heavy atom. The van der Waals surface area contributed by atoms with Crippen molar-refractivity contribution < 1.29 is 27.6 Å². The Balaban J connectivity index is 1.61. The molecule has 2 aliphatic carbocycles. The summed E-state index contributed by atoms with van der Waals surface area (Å²) in [6.07, 6.45) is 2.57. The Hall–Kier alpha value is -2.45. The van der Waals surface area contributed by atoms with E-state index < -0.39 is 24.6 Å². The van der Waals surface area contributed by atoms with Crippen molar-refractivity contribution in [3.8, 4) is 0 Å². The second kappa shape index (κ2) is 12.7. The van der Waals surface area contributed by atoms with Gasteiger partial charge < -0.3 is 19.7 Å². The van der Waals surface area contributed by atoms with E-state index in [1.165, 1.54) is 24.3 Å². The molecule has 2 N–H and O–H groups in total. The minimum atomic E-state index is -3.82. The van der Waals surface area contributed by atoms with Crippen LogP contribution in [0.5, 0.6) is 0 Å². The lowest BCUT2D eigenvalue weighted by atomic mass is 9.49. The zero-order valence-corrected chi connectivity index (χ0v) is 27.0. The minimum Gasteiger partial charge on any atom is -0.345 e. The maximum Gasteiger partial charge on any atom is 0.357 e. The fraction of sp³-hybridized carbons (Fsp3) is 0.531. The molecule has 0 spiro atoms. The molecule has 1 fully saturated rings. The molecule has 1 saturated carbocycles. The number of rotatable bonds is 9. The van der Waals surface area contributed by atoms with E-state index in [-0.39, 0.29) is 47.8 Å². The first-order chi connectivity index (χ1) is 19.8. The van der Waals surface area contributed by atoms with Crippen LogP contribution in [0.2, 0.25) is 0 Å². The van der Waals surface area contributed by atoms with Gasteiger partial charge in [0.1, 0.15) is 5.82 Å². The van der Waals surface area contributed by atoms with E-state index in [9.17, 15) is 18.5 Å². The molecule has 1 amide bonds. The molecule has 4 rings (SSSR count). The Morgan fingerprint density at radius 1 is 1.07 bits per heavy atom. The van der Waals surface area contributed by atoms with E-state index in [2.05, 4.69) is 43.5 Å². The zero-order valence-electron chi connectivity index (χ0n) is 25.3. The van der Waals surface area contributed by atoms with Crippen LogP contribution in [0.4, 0.5) is 4.39 Å². The number of benzene rings is 2. The molecule has 0 aromatic heterocycles. The molecule has 2 aromatic carbocycles. The maximum atomic E-state index is 14.0. The molecule has 4 atom stereocenters. The number of thiocarbonyl (C=S) groups is 1. The van der Waals surface area contributed by atoms with Crippen molar-refractivity contribution in [2.24, 2.45) is 11.3 Å². The molecule has 0 saturated heterocycles. The highest BCUT2D eigenvalue weighted by Crippen LogP contribution is 2.60. The molecular formula is C32H42FN2O5PS. The van der Waals surface area contributed by atoms with Crippen LogP contribution in [0.15, 0.2) is 42.5 Å². The minimum absolute atomic E-state index is 0.0495. The molecule has 1 unspecified atom stereocenters. The molecule has 42 heavy (non-hydrogen) atoms. The van der Waals surface area contributed by atoms with Crippen molar-refractivity contribution in [2.75, 3.05) is 13.2 Å². The summed E-state index contributed by atoms with van der Waals surface area (Å²) in [6.45, 7) is 11.9. The summed E-state index contributed by atoms with van der Waals surface area (Å²) in [4.78, 5) is 27.5. The normalized spacial score (nSPS) is 24.5. The molecule has 0 radical (unpaired) electrons. The molecule has 2 aliphatic rings. The van der Waals surface area contributed by atoms with Crippen LogP contribution in [0, 0.1) is 17.2 Å². The number of halogens is 1. The third-order valence-electron chi connectivity index (χ3n) is 9.08. The average molecular weight is 617 g/mol. The summed E-state index contributed by atoms with van der Waals surface area (Å²) in [7, 11) is -3.82. The lowest BCUT2D eigenvalue weighted by Crippen LogP contribution is -2.57. The number of amides is 1. The third kappa shape index (κ3) is 6.12. The molecule has 7 nitrogen and oxygen atoms in total. The standard InChI is InChI=1S/C32H42FN2O5PS/c1-7-39-41(38,40-8-2)28(21-10-13-23(33)14-11-21)34-30(42)35-29(37)32(6)17-9-16-31(5)25-15-12-22(20(3)4)18-24(25)26(36)19-27(31)32/h10-15,18,20,27-28H,7-9,16-17,19H2,1-6H3,(H2,34,35,37,42)/t27-,28?,31-,32-/m1/s1. The van der Waals surface area contributed by atoms with Crippen molar-refractivity contribution in [3.63, 3.8) is 0 Å². The highest BCUT2D eigenvalue weighted by molar-refractivity contribution is 7.80. The highest BCUT2D eigenvalue weighted by atomic mass is 32.1. The summed E-state index contributed by atoms with van der Waals surface area (Å²) in [5.41, 5.74) is 2.12. The van der Waals surface area contributed by atoms with Gasteiger partial charge in [0, 0.05) is 12.0 Å². The predicted octanol–water partition coefficient (Wildman–Crippen LogP) is 7.56. The van der Waals surface area contributed by atoms with Crippen LogP contribution >= 0.6 is 19.8 Å². The second-order valence-corrected chi connectivity index (χ2v) is 14.6. The number of Topliss-reactive ketones (excluding diaryl/α,β-unsaturated/α-hetero) is 1. The van der Waals surface area contributed by atoms with Crippen molar-refractivity contribution in [2.45, 2.75) is 84.3 Å². The molecule has 228 valence electrons. The molecular weight excluding hydrogens is 574 g/mol. The summed E-state index contributed by atoms with van der Waals surface area (Å²) in [5.74, 6) is -1.68. The maximum absolute atomic E-state index is 14.0. The van der Waals surface area contributed by atoms with Crippen LogP contribution in [0.1, 0.15) is 106 Å². The summed E-state index contributed by atoms with van der Waals surface area (Å²) < 4.78 is 38.7. The van der Waals surface area contributed by atoms with Gasteiger partial charge in [-0.2, -0.15) is 0 Å². The van der Waals surface area contributed by atoms with Crippen LogP contribution in [-0.4, -0.2) is 30.0 Å². The quantitative estimate of drug-likeness (QED) is 0.222. The van der Waals surface area contributed by atoms with Gasteiger partial charge in [-0.1, -0.05) is 58.4 Å². The van der Waals surface area contributed by atoms with Crippen LogP contribution < -0.4 is 10.6 Å². The third-order valence-corrected chi connectivity index (χ3v) is 11.6. The summed E-state index contributed by atoms with van der Waals surface area (Å²) in [6, 6.07) is 11.7. The van der Waals surface area contributed by atoms with Crippen LogP contribution in [-0.2, 0) is 23.8 Å². The molecule has 2 aromatic rings. The van der Waals surface area contributed by atoms with Gasteiger partial charge in [0.05, 0.1) is 18.6 Å². The second-order valence-electron chi connectivity index (χ2n) is 12.1. The van der Waals surface area contributed by atoms with E-state index in [1.54, 1.807) is 13.8 Å². The largest absolute Gasteiger partial charge is 0.357 e. The SMILES string of the molecule is CCOP(=O)(OCC)C(NC(=S)NC(=O)[C@]1(C)CCC[C@]2(C)c3ccc(C(C)C)cc3C(=O)C[C@@H]12)c1ccc(F)cc1. The molecule has 0 heterocycles. The van der Waals surface area contributed by atoms with Gasteiger partial charge in [-0.3, -0.25) is 14.2 Å². The summed E-state index contributed by atoms with van der Waals surface area (Å²) >= 11 is 5.57. The van der Waals surface area contributed by atoms with Crippen LogP contribution in [0.3, 0.4) is 0 Å². The highest BCUT2D eigenvalue weighted by Gasteiger charge is 2.57. The molecule has 0 aliphatic heterocycles. The van der Waals surface area contributed by atoms with E-state index in [0.717, 1.165) is 29.5 Å². The lowest BCUT2D eigenvalue weighted by molar-refractivity contribution is -0.136. The van der Waals surface area contributed by atoms with Gasteiger partial charge in [-0.25, -0.2) is 4.39 Å². The van der Waals surface area contributed by atoms with Gasteiger partial charge in [0.15, 0.2) is 16.7 Å². The number of fused-ring (bicyclic) bond motifs is 3. The average Bonchev–Trinajstić information content (AvgIpc) is 2.93. The van der Waals surface area contributed by atoms with Crippen LogP contribution in [0.25, 0.3) is 0 Å². The number of carbonyl (C=O) groups excluding carboxylic acids is 2. The number of hydrogen-bond acceptors (Lipinski definition) is 6. The number of nitrogens with one attached hydrogen (secondary N) is 2. The van der Waals surface area contributed by atoms with Gasteiger partial charge in [-0.15, -0.1) is 0 Å². The van der Waals surface area contributed by atoms with Gasteiger partial charge in [0.2, 0.25) is 5.91 Å². The summed E-state index contributed by atoms with van der Waals surface area (Å²) in [5, 5.41) is 5.76. The lowest BCUT2D eigenvalue weighted by Gasteiger charge is -2.54. The number of ketones is 1. The Labute approximate surface area is 253 Å². The van der Waals surface area contributed by atoms with Crippen molar-refractivity contribution in [1.82, 2.24) is 10.6 Å². The Kier molecular flexibility index (Phi) is 9.78. The Morgan fingerprint density at radius 2 is 1.69 bits per heavy atom. The topological polar surface area (TPSA) is 93.7 Å². The van der Waals surface area contributed by atoms with Crippen molar-refractivity contribution in [3.05, 3.63) is 70.5 Å². The molecule has 0 bridgehead atoms. The van der Waals surface area contributed by atoms with Crippen molar-refractivity contribution >= 4 is 36.6 Å². The van der Waals surface area contributed by atoms with E-state index in [0.29, 0.717) is 17.9 Å². The first-order valence-corrected chi connectivity index (χ1v) is 16.7. The van der Waals surface area contributed by atoms with Crippen molar-refractivity contribution in [1.29, 1.82) is 0 Å². The smallest absolute Gasteiger partial charge is 0.345 e. The molecule has 10 heteroatoms. The predicted molar refractivity (Wildman–Crippen MR) is 166 cm³/mol. The first-order valence-electron chi connectivity index (χ1n) is 14.7.